The number of ether oxygens (including phenoxy) is 1. The minimum Gasteiger partial charge on any atom is -0.494 e. The number of hydrogen-bond acceptors (Lipinski definition) is 4. The molecule has 1 saturated heterocycles. The highest BCUT2D eigenvalue weighted by Crippen LogP contribution is 2.24. The smallest absolute Gasteiger partial charge is 0.226 e. The summed E-state index contributed by atoms with van der Waals surface area (Å²) in [5, 5.41) is 2.90. The highest BCUT2D eigenvalue weighted by Gasteiger charge is 2.23. The average molecular weight is 349 g/mol. The lowest BCUT2D eigenvalue weighted by Gasteiger charge is -2.20. The lowest BCUT2D eigenvalue weighted by molar-refractivity contribution is -0.126. The van der Waals surface area contributed by atoms with Gasteiger partial charge in [-0.15, -0.1) is 11.6 Å². The Morgan fingerprint density at radius 1 is 1.33 bits per heavy atom. The van der Waals surface area contributed by atoms with Crippen LogP contribution in [-0.4, -0.2) is 29.9 Å². The van der Waals surface area contributed by atoms with Crippen molar-refractivity contribution in [2.75, 3.05) is 19.0 Å². The lowest BCUT2D eigenvalue weighted by Crippen LogP contribution is -2.37. The Labute approximate surface area is 146 Å². The van der Waals surface area contributed by atoms with Gasteiger partial charge in [0.05, 0.1) is 12.3 Å². The van der Waals surface area contributed by atoms with E-state index in [9.17, 15) is 4.79 Å². The molecular weight excluding hydrogens is 328 g/mol. The van der Waals surface area contributed by atoms with Crippen molar-refractivity contribution < 1.29 is 13.9 Å². The van der Waals surface area contributed by atoms with Crippen LogP contribution < -0.4 is 10.1 Å². The molecule has 0 aliphatic carbocycles. The van der Waals surface area contributed by atoms with Crippen LogP contribution in [-0.2, 0) is 11.2 Å². The summed E-state index contributed by atoms with van der Waals surface area (Å²) in [6.07, 6.45) is 5.01. The highest BCUT2D eigenvalue weighted by molar-refractivity contribution is 6.17. The molecule has 2 heterocycles. The third-order valence-corrected chi connectivity index (χ3v) is 4.32. The molecule has 1 amide bonds. The van der Waals surface area contributed by atoms with Crippen molar-refractivity contribution in [3.05, 3.63) is 36.2 Å². The summed E-state index contributed by atoms with van der Waals surface area (Å²) in [7, 11) is 0. The fraction of sp³-hybridized carbons (Fsp3) is 0.444. The van der Waals surface area contributed by atoms with Gasteiger partial charge in [0.2, 0.25) is 11.8 Å². The summed E-state index contributed by atoms with van der Waals surface area (Å²) < 4.78 is 11.1. The van der Waals surface area contributed by atoms with Gasteiger partial charge < -0.3 is 14.5 Å². The Kier molecular flexibility index (Phi) is 5.75. The number of hydrogen-bond donors (Lipinski definition) is 1. The number of benzene rings is 1. The van der Waals surface area contributed by atoms with E-state index < -0.39 is 0 Å². The number of piperidine rings is 1. The summed E-state index contributed by atoms with van der Waals surface area (Å²) in [6.45, 7) is 1.38. The topological polar surface area (TPSA) is 64.4 Å². The van der Waals surface area contributed by atoms with Gasteiger partial charge >= 0.3 is 0 Å². The summed E-state index contributed by atoms with van der Waals surface area (Å²) in [4.78, 5) is 16.3. The van der Waals surface area contributed by atoms with Crippen LogP contribution in [0.25, 0.3) is 11.5 Å². The maximum Gasteiger partial charge on any atom is 0.226 e. The molecule has 1 aromatic heterocycles. The minimum absolute atomic E-state index is 0.00518. The molecule has 1 aromatic carbocycles. The number of carbonyl (C=O) groups is 1. The van der Waals surface area contributed by atoms with E-state index >= 15 is 0 Å². The normalized spacial score (nSPS) is 17.5. The van der Waals surface area contributed by atoms with E-state index in [1.54, 1.807) is 6.26 Å². The molecule has 0 saturated carbocycles. The van der Waals surface area contributed by atoms with E-state index in [2.05, 4.69) is 10.3 Å². The van der Waals surface area contributed by atoms with Gasteiger partial charge in [0.25, 0.3) is 0 Å². The maximum atomic E-state index is 11.8. The third-order valence-electron chi connectivity index (χ3n) is 4.05. The zero-order chi connectivity index (χ0) is 16.8. The number of oxazole rings is 1. The molecule has 24 heavy (non-hydrogen) atoms. The van der Waals surface area contributed by atoms with Gasteiger partial charge in [0.1, 0.15) is 12.0 Å². The number of nitrogens with one attached hydrogen (secondary N) is 1. The van der Waals surface area contributed by atoms with E-state index in [1.807, 2.05) is 24.3 Å². The second-order valence-electron chi connectivity index (χ2n) is 5.89. The zero-order valence-electron chi connectivity index (χ0n) is 13.5. The van der Waals surface area contributed by atoms with Crippen LogP contribution in [0.5, 0.6) is 5.75 Å². The first-order valence-corrected chi connectivity index (χ1v) is 8.81. The first-order valence-electron chi connectivity index (χ1n) is 8.27. The largest absolute Gasteiger partial charge is 0.494 e. The molecular formula is C18H21ClN2O3. The standard InChI is InChI=1S/C18H21ClN2O3/c19-8-2-10-23-16-6-4-13(5-7-16)18-21-15(12-24-18)11-14-3-1-9-20-17(14)22/h4-7,12,14H,1-3,8-11H2,(H,20,22). The molecule has 1 N–H and O–H groups in total. The van der Waals surface area contributed by atoms with E-state index in [1.165, 1.54) is 0 Å². The van der Waals surface area contributed by atoms with Crippen molar-refractivity contribution in [1.29, 1.82) is 0 Å². The van der Waals surface area contributed by atoms with Gasteiger partial charge in [-0.05, 0) is 43.5 Å². The molecule has 0 radical (unpaired) electrons. The van der Waals surface area contributed by atoms with Gasteiger partial charge in [-0.3, -0.25) is 4.79 Å². The number of rotatable bonds is 7. The first kappa shape index (κ1) is 16.8. The fourth-order valence-corrected chi connectivity index (χ4v) is 2.86. The van der Waals surface area contributed by atoms with E-state index in [0.29, 0.717) is 24.8 Å². The van der Waals surface area contributed by atoms with Crippen LogP contribution in [0.1, 0.15) is 25.0 Å². The molecule has 0 spiro atoms. The fourth-order valence-electron chi connectivity index (χ4n) is 2.75. The number of alkyl halides is 1. The highest BCUT2D eigenvalue weighted by atomic mass is 35.5. The first-order chi connectivity index (χ1) is 11.8. The van der Waals surface area contributed by atoms with Crippen LogP contribution in [0.15, 0.2) is 34.9 Å². The van der Waals surface area contributed by atoms with Gasteiger partial charge in [-0.1, -0.05) is 0 Å². The van der Waals surface area contributed by atoms with Crippen LogP contribution in [0.2, 0.25) is 0 Å². The number of aromatic nitrogens is 1. The predicted molar refractivity (Wildman–Crippen MR) is 92.2 cm³/mol. The second kappa shape index (κ2) is 8.20. The van der Waals surface area contributed by atoms with Gasteiger partial charge in [-0.25, -0.2) is 4.98 Å². The van der Waals surface area contributed by atoms with Crippen LogP contribution in [0, 0.1) is 5.92 Å². The van der Waals surface area contributed by atoms with Gasteiger partial charge in [0.15, 0.2) is 0 Å². The Morgan fingerprint density at radius 3 is 2.92 bits per heavy atom. The lowest BCUT2D eigenvalue weighted by atomic mass is 9.94. The maximum absolute atomic E-state index is 11.8. The molecule has 3 rings (SSSR count). The molecule has 6 heteroatoms. The Hall–Kier alpha value is -2.01. The van der Waals surface area contributed by atoms with Crippen LogP contribution in [0.3, 0.4) is 0 Å². The average Bonchev–Trinajstić information content (AvgIpc) is 3.06. The molecule has 2 aromatic rings. The molecule has 1 fully saturated rings. The van der Waals surface area contributed by atoms with E-state index in [-0.39, 0.29) is 11.8 Å². The number of halogens is 1. The van der Waals surface area contributed by atoms with Gasteiger partial charge in [0, 0.05) is 30.3 Å². The monoisotopic (exact) mass is 348 g/mol. The van der Waals surface area contributed by atoms with Crippen molar-refractivity contribution in [3.8, 4) is 17.2 Å². The second-order valence-corrected chi connectivity index (χ2v) is 6.27. The quantitative estimate of drug-likeness (QED) is 0.615. The van der Waals surface area contributed by atoms with Crippen molar-refractivity contribution in [2.45, 2.75) is 25.7 Å². The minimum atomic E-state index is -0.00518. The number of carbonyl (C=O) groups excluding carboxylic acids is 1. The van der Waals surface area contributed by atoms with Gasteiger partial charge in [-0.2, -0.15) is 0 Å². The molecule has 128 valence electrons. The molecule has 0 bridgehead atoms. The summed E-state index contributed by atoms with van der Waals surface area (Å²) in [5.41, 5.74) is 1.70. The Balaban J connectivity index is 1.61. The van der Waals surface area contributed by atoms with Crippen LogP contribution in [0.4, 0.5) is 0 Å². The van der Waals surface area contributed by atoms with Crippen molar-refractivity contribution >= 4 is 17.5 Å². The van der Waals surface area contributed by atoms with E-state index in [4.69, 9.17) is 20.8 Å². The number of amides is 1. The zero-order valence-corrected chi connectivity index (χ0v) is 14.2. The third kappa shape index (κ3) is 4.29. The molecule has 1 aliphatic heterocycles. The Bertz CT molecular complexity index is 669. The number of nitrogens with zero attached hydrogens (tertiary/aromatic N) is 1. The summed E-state index contributed by atoms with van der Waals surface area (Å²) in [6, 6.07) is 7.61. The summed E-state index contributed by atoms with van der Waals surface area (Å²) >= 11 is 5.63. The van der Waals surface area contributed by atoms with Crippen LogP contribution >= 0.6 is 11.6 Å². The van der Waals surface area contributed by atoms with Crippen molar-refractivity contribution in [1.82, 2.24) is 10.3 Å². The predicted octanol–water partition coefficient (Wildman–Crippen LogP) is 3.42. The molecule has 5 nitrogen and oxygen atoms in total. The SMILES string of the molecule is O=C1NCCCC1Cc1coc(-c2ccc(OCCCCl)cc2)n1. The van der Waals surface area contributed by atoms with E-state index in [0.717, 1.165) is 42.8 Å². The van der Waals surface area contributed by atoms with Crippen molar-refractivity contribution in [2.24, 2.45) is 5.92 Å². The Morgan fingerprint density at radius 2 is 2.17 bits per heavy atom. The molecule has 1 aliphatic rings. The van der Waals surface area contributed by atoms with Crippen molar-refractivity contribution in [3.63, 3.8) is 0 Å². The molecule has 1 atom stereocenters. The summed E-state index contributed by atoms with van der Waals surface area (Å²) in [5.74, 6) is 2.07. The molecule has 1 unspecified atom stereocenters.